The molecule has 3 heteroatoms. The van der Waals surface area contributed by atoms with Gasteiger partial charge in [-0.3, -0.25) is 4.79 Å². The molecule has 2 aromatic rings. The maximum absolute atomic E-state index is 11.7. The molecule has 1 heterocycles. The Kier molecular flexibility index (Phi) is 3.30. The fourth-order valence-electron chi connectivity index (χ4n) is 1.61. The van der Waals surface area contributed by atoms with Crippen LogP contribution in [0.2, 0.25) is 5.02 Å². The molecule has 2 rings (SSSR count). The highest BCUT2D eigenvalue weighted by atomic mass is 35.5. The molecule has 0 atom stereocenters. The Bertz CT molecular complexity index is 514. The topological polar surface area (TPSA) is 30.2 Å². The number of furan rings is 1. The predicted octanol–water partition coefficient (Wildman–Crippen LogP) is 4.46. The van der Waals surface area contributed by atoms with Gasteiger partial charge in [0.1, 0.15) is 5.58 Å². The second-order valence-electron chi connectivity index (χ2n) is 3.82. The second kappa shape index (κ2) is 4.71. The third kappa shape index (κ3) is 2.27. The van der Waals surface area contributed by atoms with Crippen LogP contribution in [0.3, 0.4) is 0 Å². The molecular formula is C13H13ClO2. The molecule has 0 N–H and O–H groups in total. The third-order valence-corrected chi connectivity index (χ3v) is 2.75. The maximum Gasteiger partial charge on any atom is 0.198 e. The van der Waals surface area contributed by atoms with Crippen molar-refractivity contribution in [3.05, 3.63) is 35.0 Å². The van der Waals surface area contributed by atoms with Gasteiger partial charge >= 0.3 is 0 Å². The first-order chi connectivity index (χ1) is 7.70. The lowest BCUT2D eigenvalue weighted by Crippen LogP contribution is -1.95. The van der Waals surface area contributed by atoms with Crippen LogP contribution >= 0.6 is 11.6 Å². The highest BCUT2D eigenvalue weighted by Crippen LogP contribution is 2.24. The fourth-order valence-corrected chi connectivity index (χ4v) is 1.79. The molecule has 84 valence electrons. The number of unbranched alkanes of at least 4 members (excludes halogenated alkanes) is 1. The lowest BCUT2D eigenvalue weighted by molar-refractivity contribution is 0.0955. The number of halogens is 1. The van der Waals surface area contributed by atoms with E-state index in [2.05, 4.69) is 6.92 Å². The summed E-state index contributed by atoms with van der Waals surface area (Å²) in [5.41, 5.74) is 0.712. The van der Waals surface area contributed by atoms with E-state index in [0.717, 1.165) is 18.2 Å². The number of benzene rings is 1. The average molecular weight is 237 g/mol. The van der Waals surface area contributed by atoms with E-state index in [1.165, 1.54) is 0 Å². The molecule has 0 spiro atoms. The highest BCUT2D eigenvalue weighted by Gasteiger charge is 2.11. The number of rotatable bonds is 4. The van der Waals surface area contributed by atoms with E-state index in [-0.39, 0.29) is 5.78 Å². The highest BCUT2D eigenvalue weighted by molar-refractivity contribution is 6.31. The monoisotopic (exact) mass is 236 g/mol. The van der Waals surface area contributed by atoms with Gasteiger partial charge in [0.15, 0.2) is 11.5 Å². The molecule has 0 fully saturated rings. The van der Waals surface area contributed by atoms with Crippen LogP contribution in [0.1, 0.15) is 36.7 Å². The molecule has 0 aliphatic heterocycles. The molecule has 0 aliphatic carbocycles. The van der Waals surface area contributed by atoms with Crippen LogP contribution in [-0.4, -0.2) is 5.78 Å². The van der Waals surface area contributed by atoms with Gasteiger partial charge in [0.2, 0.25) is 0 Å². The van der Waals surface area contributed by atoms with Crippen LogP contribution in [0.15, 0.2) is 28.7 Å². The molecule has 0 saturated heterocycles. The van der Waals surface area contributed by atoms with Gasteiger partial charge < -0.3 is 4.42 Å². The molecule has 0 aliphatic rings. The smallest absolute Gasteiger partial charge is 0.198 e. The van der Waals surface area contributed by atoms with Gasteiger partial charge in [-0.25, -0.2) is 0 Å². The van der Waals surface area contributed by atoms with E-state index in [4.69, 9.17) is 16.0 Å². The summed E-state index contributed by atoms with van der Waals surface area (Å²) in [4.78, 5) is 11.7. The SMILES string of the molecule is CCCCC(=O)c1cc2cc(Cl)ccc2o1. The Hall–Kier alpha value is -1.28. The minimum absolute atomic E-state index is 0.0640. The lowest BCUT2D eigenvalue weighted by atomic mass is 10.1. The molecule has 0 amide bonds. The van der Waals surface area contributed by atoms with Crippen LogP contribution in [0.4, 0.5) is 0 Å². The van der Waals surface area contributed by atoms with Crippen LogP contribution in [0.5, 0.6) is 0 Å². The predicted molar refractivity (Wildman–Crippen MR) is 65.1 cm³/mol. The summed E-state index contributed by atoms with van der Waals surface area (Å²) in [7, 11) is 0. The molecule has 0 radical (unpaired) electrons. The van der Waals surface area contributed by atoms with E-state index in [1.54, 1.807) is 24.3 Å². The van der Waals surface area contributed by atoms with Crippen LogP contribution in [0, 0.1) is 0 Å². The zero-order valence-corrected chi connectivity index (χ0v) is 9.88. The van der Waals surface area contributed by atoms with Gasteiger partial charge in [0.25, 0.3) is 0 Å². The standard InChI is InChI=1S/C13H13ClO2/c1-2-3-4-11(15)13-8-9-7-10(14)5-6-12(9)16-13/h5-8H,2-4H2,1H3. The van der Waals surface area contributed by atoms with E-state index in [1.807, 2.05) is 0 Å². The zero-order valence-electron chi connectivity index (χ0n) is 9.13. The summed E-state index contributed by atoms with van der Waals surface area (Å²) in [5, 5.41) is 1.54. The van der Waals surface area contributed by atoms with Gasteiger partial charge in [0, 0.05) is 16.8 Å². The molecular weight excluding hydrogens is 224 g/mol. The quantitative estimate of drug-likeness (QED) is 0.734. The van der Waals surface area contributed by atoms with Crippen molar-refractivity contribution in [1.29, 1.82) is 0 Å². The van der Waals surface area contributed by atoms with E-state index >= 15 is 0 Å². The van der Waals surface area contributed by atoms with Gasteiger partial charge in [-0.05, 0) is 30.7 Å². The van der Waals surface area contributed by atoms with Crippen LogP contribution in [-0.2, 0) is 0 Å². The van der Waals surface area contributed by atoms with Gasteiger partial charge in [-0.15, -0.1) is 0 Å². The van der Waals surface area contributed by atoms with Crippen molar-refractivity contribution in [3.63, 3.8) is 0 Å². The minimum Gasteiger partial charge on any atom is -0.453 e. The van der Waals surface area contributed by atoms with Crippen LogP contribution in [0.25, 0.3) is 11.0 Å². The van der Waals surface area contributed by atoms with Gasteiger partial charge in [-0.2, -0.15) is 0 Å². The third-order valence-electron chi connectivity index (χ3n) is 2.51. The number of hydrogen-bond donors (Lipinski definition) is 0. The summed E-state index contributed by atoms with van der Waals surface area (Å²) in [6, 6.07) is 7.11. The number of Topliss-reactive ketones (excluding diaryl/α,β-unsaturated/α-hetero) is 1. The lowest BCUT2D eigenvalue weighted by Gasteiger charge is -1.93. The first-order valence-electron chi connectivity index (χ1n) is 5.43. The maximum atomic E-state index is 11.7. The minimum atomic E-state index is 0.0640. The molecule has 1 aromatic carbocycles. The first kappa shape index (κ1) is 11.2. The van der Waals surface area contributed by atoms with Gasteiger partial charge in [0.05, 0.1) is 0 Å². The largest absolute Gasteiger partial charge is 0.453 e. The Morgan fingerprint density at radius 3 is 2.94 bits per heavy atom. The van der Waals surface area contributed by atoms with E-state index in [9.17, 15) is 4.79 Å². The summed E-state index contributed by atoms with van der Waals surface area (Å²) >= 11 is 5.86. The second-order valence-corrected chi connectivity index (χ2v) is 4.26. The van der Waals surface area contributed by atoms with Crippen molar-refractivity contribution in [2.45, 2.75) is 26.2 Å². The first-order valence-corrected chi connectivity index (χ1v) is 5.81. The van der Waals surface area contributed by atoms with E-state index < -0.39 is 0 Å². The fraction of sp³-hybridized carbons (Fsp3) is 0.308. The molecule has 1 aromatic heterocycles. The summed E-state index contributed by atoms with van der Waals surface area (Å²) in [5.74, 6) is 0.500. The van der Waals surface area contributed by atoms with Crippen molar-refractivity contribution < 1.29 is 9.21 Å². The summed E-state index contributed by atoms with van der Waals surface area (Å²) in [6.07, 6.45) is 2.46. The normalized spacial score (nSPS) is 10.9. The molecule has 0 saturated carbocycles. The summed E-state index contributed by atoms with van der Waals surface area (Å²) < 4.78 is 5.47. The van der Waals surface area contributed by atoms with Crippen molar-refractivity contribution in [3.8, 4) is 0 Å². The Morgan fingerprint density at radius 1 is 1.38 bits per heavy atom. The summed E-state index contributed by atoms with van der Waals surface area (Å²) in [6.45, 7) is 2.06. The molecule has 0 unspecified atom stereocenters. The van der Waals surface area contributed by atoms with Crippen molar-refractivity contribution >= 4 is 28.4 Å². The van der Waals surface area contributed by atoms with Crippen molar-refractivity contribution in [2.75, 3.05) is 0 Å². The van der Waals surface area contributed by atoms with Crippen molar-refractivity contribution in [2.24, 2.45) is 0 Å². The van der Waals surface area contributed by atoms with E-state index in [0.29, 0.717) is 22.8 Å². The van der Waals surface area contributed by atoms with Gasteiger partial charge in [-0.1, -0.05) is 24.9 Å². The number of carbonyl (C=O) groups is 1. The average Bonchev–Trinajstić information content (AvgIpc) is 2.68. The Balaban J connectivity index is 2.28. The molecule has 16 heavy (non-hydrogen) atoms. The number of ketones is 1. The number of hydrogen-bond acceptors (Lipinski definition) is 2. The van der Waals surface area contributed by atoms with Crippen LogP contribution < -0.4 is 0 Å². The van der Waals surface area contributed by atoms with Crippen molar-refractivity contribution in [1.82, 2.24) is 0 Å². The Morgan fingerprint density at radius 2 is 2.19 bits per heavy atom. The molecule has 2 nitrogen and oxygen atoms in total. The molecule has 0 bridgehead atoms. The number of fused-ring (bicyclic) bond motifs is 1. The Labute approximate surface area is 99.2 Å². The zero-order chi connectivity index (χ0) is 11.5. The number of carbonyl (C=O) groups excluding carboxylic acids is 1.